The van der Waals surface area contributed by atoms with Crippen LogP contribution in [0.1, 0.15) is 22.6 Å². The SMILES string of the molecule is Cc1cc2nc(CSCC(=O)Nc3cccc(C)c3C)cc(=O)n2o1. The molecule has 0 atom stereocenters. The summed E-state index contributed by atoms with van der Waals surface area (Å²) in [6.07, 6.45) is 0. The second-order valence-corrected chi connectivity index (χ2v) is 6.86. The molecule has 25 heavy (non-hydrogen) atoms. The van der Waals surface area contributed by atoms with E-state index < -0.39 is 0 Å². The molecule has 7 heteroatoms. The van der Waals surface area contributed by atoms with Gasteiger partial charge in [0.15, 0.2) is 5.65 Å². The Bertz CT molecular complexity index is 991. The first-order valence-electron chi connectivity index (χ1n) is 7.87. The fourth-order valence-electron chi connectivity index (χ4n) is 2.47. The molecule has 0 spiro atoms. The molecule has 1 aromatic carbocycles. The van der Waals surface area contributed by atoms with Gasteiger partial charge >= 0.3 is 0 Å². The van der Waals surface area contributed by atoms with Crippen LogP contribution in [0.3, 0.4) is 0 Å². The van der Waals surface area contributed by atoms with Gasteiger partial charge in [-0.1, -0.05) is 12.1 Å². The fraction of sp³-hybridized carbons (Fsp3) is 0.278. The Kier molecular flexibility index (Phi) is 4.94. The first kappa shape index (κ1) is 17.3. The summed E-state index contributed by atoms with van der Waals surface area (Å²) in [4.78, 5) is 28.5. The lowest BCUT2D eigenvalue weighted by Gasteiger charge is -2.10. The van der Waals surface area contributed by atoms with E-state index in [2.05, 4.69) is 10.3 Å². The van der Waals surface area contributed by atoms with E-state index in [4.69, 9.17) is 4.52 Å². The first-order valence-corrected chi connectivity index (χ1v) is 9.03. The third kappa shape index (κ3) is 3.93. The average Bonchev–Trinajstić information content (AvgIpc) is 2.93. The van der Waals surface area contributed by atoms with Crippen LogP contribution >= 0.6 is 11.8 Å². The zero-order valence-electron chi connectivity index (χ0n) is 14.3. The summed E-state index contributed by atoms with van der Waals surface area (Å²) in [6, 6.07) is 8.97. The number of carbonyl (C=O) groups excluding carboxylic acids is 1. The maximum absolute atomic E-state index is 12.1. The van der Waals surface area contributed by atoms with Crippen LogP contribution in [0.15, 0.2) is 39.6 Å². The third-order valence-corrected chi connectivity index (χ3v) is 4.85. The number of fused-ring (bicyclic) bond motifs is 1. The highest BCUT2D eigenvalue weighted by atomic mass is 32.2. The van der Waals surface area contributed by atoms with Crippen LogP contribution in [0.25, 0.3) is 5.65 Å². The van der Waals surface area contributed by atoms with Gasteiger partial charge in [-0.3, -0.25) is 9.59 Å². The number of carbonyl (C=O) groups is 1. The number of thioether (sulfide) groups is 1. The topological polar surface area (TPSA) is 76.6 Å². The number of hydrogen-bond donors (Lipinski definition) is 1. The van der Waals surface area contributed by atoms with E-state index in [1.54, 1.807) is 13.0 Å². The molecule has 6 nitrogen and oxygen atoms in total. The third-order valence-electron chi connectivity index (χ3n) is 3.89. The normalized spacial score (nSPS) is 11.0. The van der Waals surface area contributed by atoms with Crippen molar-refractivity contribution in [1.82, 2.24) is 9.56 Å². The molecule has 0 radical (unpaired) electrons. The van der Waals surface area contributed by atoms with Crippen molar-refractivity contribution >= 4 is 29.0 Å². The smallest absolute Gasteiger partial charge is 0.287 e. The Balaban J connectivity index is 1.60. The number of anilines is 1. The predicted molar refractivity (Wildman–Crippen MR) is 99.2 cm³/mol. The standard InChI is InChI=1S/C18H19N3O3S/c1-11-5-4-6-15(13(11)3)20-17(22)10-25-9-14-8-18(23)21-16(19-14)7-12(2)24-21/h4-8H,9-10H2,1-3H3,(H,20,22). The molecule has 0 bridgehead atoms. The molecule has 2 aromatic heterocycles. The average molecular weight is 357 g/mol. The van der Waals surface area contributed by atoms with Gasteiger partial charge in [-0.2, -0.15) is 0 Å². The molecule has 0 saturated carbocycles. The lowest BCUT2D eigenvalue weighted by Crippen LogP contribution is -2.16. The van der Waals surface area contributed by atoms with Crippen LogP contribution in [0.2, 0.25) is 0 Å². The van der Waals surface area contributed by atoms with Crippen LogP contribution < -0.4 is 10.9 Å². The lowest BCUT2D eigenvalue weighted by molar-refractivity contribution is -0.113. The van der Waals surface area contributed by atoms with E-state index in [-0.39, 0.29) is 11.5 Å². The molecule has 0 fully saturated rings. The van der Waals surface area contributed by atoms with Gasteiger partial charge in [0.1, 0.15) is 5.76 Å². The van der Waals surface area contributed by atoms with Gasteiger partial charge in [-0.05, 0) is 38.0 Å². The zero-order chi connectivity index (χ0) is 18.0. The van der Waals surface area contributed by atoms with Crippen molar-refractivity contribution in [2.45, 2.75) is 26.5 Å². The summed E-state index contributed by atoms with van der Waals surface area (Å²) in [6.45, 7) is 5.76. The van der Waals surface area contributed by atoms with Gasteiger partial charge < -0.3 is 9.84 Å². The van der Waals surface area contributed by atoms with Crippen LogP contribution in [-0.2, 0) is 10.5 Å². The summed E-state index contributed by atoms with van der Waals surface area (Å²) < 4.78 is 6.42. The number of benzene rings is 1. The largest absolute Gasteiger partial charge is 0.375 e. The summed E-state index contributed by atoms with van der Waals surface area (Å²) in [5.74, 6) is 1.33. The Hall–Kier alpha value is -2.54. The van der Waals surface area contributed by atoms with E-state index >= 15 is 0 Å². The minimum absolute atomic E-state index is 0.0735. The van der Waals surface area contributed by atoms with Gasteiger partial charge in [-0.25, -0.2) is 4.98 Å². The highest BCUT2D eigenvalue weighted by molar-refractivity contribution is 7.99. The minimum Gasteiger partial charge on any atom is -0.375 e. The monoisotopic (exact) mass is 357 g/mol. The molecule has 3 rings (SSSR count). The van der Waals surface area contributed by atoms with Crippen LogP contribution in [-0.4, -0.2) is 21.2 Å². The van der Waals surface area contributed by atoms with E-state index in [1.807, 2.05) is 32.0 Å². The lowest BCUT2D eigenvalue weighted by atomic mass is 10.1. The number of amides is 1. The number of aryl methyl sites for hydroxylation is 2. The van der Waals surface area contributed by atoms with Crippen molar-refractivity contribution in [3.63, 3.8) is 0 Å². The summed E-state index contributed by atoms with van der Waals surface area (Å²) in [7, 11) is 0. The van der Waals surface area contributed by atoms with Gasteiger partial charge in [0.25, 0.3) is 5.56 Å². The van der Waals surface area contributed by atoms with Gasteiger partial charge in [-0.15, -0.1) is 16.3 Å². The zero-order valence-corrected chi connectivity index (χ0v) is 15.1. The molecule has 0 aliphatic heterocycles. The van der Waals surface area contributed by atoms with Crippen LogP contribution in [0, 0.1) is 20.8 Å². The molecular formula is C18H19N3O3S. The molecule has 0 aliphatic rings. The molecule has 1 amide bonds. The van der Waals surface area contributed by atoms with Crippen molar-refractivity contribution in [1.29, 1.82) is 0 Å². The Morgan fingerprint density at radius 3 is 2.88 bits per heavy atom. The van der Waals surface area contributed by atoms with E-state index in [1.165, 1.54) is 17.8 Å². The van der Waals surface area contributed by atoms with Crippen molar-refractivity contribution in [3.05, 3.63) is 63.3 Å². The summed E-state index contributed by atoms with van der Waals surface area (Å²) in [5, 5.41) is 2.92. The number of nitrogens with zero attached hydrogens (tertiary/aromatic N) is 2. The van der Waals surface area contributed by atoms with Crippen molar-refractivity contribution < 1.29 is 9.32 Å². The summed E-state index contributed by atoms with van der Waals surface area (Å²) >= 11 is 1.41. The van der Waals surface area contributed by atoms with Crippen molar-refractivity contribution in [2.24, 2.45) is 0 Å². The van der Waals surface area contributed by atoms with Crippen molar-refractivity contribution in [2.75, 3.05) is 11.1 Å². The number of rotatable bonds is 5. The quantitative estimate of drug-likeness (QED) is 0.759. The Morgan fingerprint density at radius 1 is 1.28 bits per heavy atom. The molecule has 130 valence electrons. The maximum atomic E-state index is 12.1. The fourth-order valence-corrected chi connectivity index (χ4v) is 3.19. The maximum Gasteiger partial charge on any atom is 0.287 e. The van der Waals surface area contributed by atoms with Gasteiger partial charge in [0.2, 0.25) is 5.91 Å². The second kappa shape index (κ2) is 7.14. The highest BCUT2D eigenvalue weighted by Crippen LogP contribution is 2.19. The molecule has 0 unspecified atom stereocenters. The molecule has 2 heterocycles. The van der Waals surface area contributed by atoms with E-state index in [0.717, 1.165) is 21.4 Å². The number of aromatic nitrogens is 2. The second-order valence-electron chi connectivity index (χ2n) is 5.87. The van der Waals surface area contributed by atoms with Crippen molar-refractivity contribution in [3.8, 4) is 0 Å². The van der Waals surface area contributed by atoms with Crippen LogP contribution in [0.5, 0.6) is 0 Å². The molecule has 0 saturated heterocycles. The van der Waals surface area contributed by atoms with E-state index in [0.29, 0.717) is 28.6 Å². The highest BCUT2D eigenvalue weighted by Gasteiger charge is 2.09. The van der Waals surface area contributed by atoms with Gasteiger partial charge in [0.05, 0.1) is 11.4 Å². The first-order chi connectivity index (χ1) is 11.9. The Labute approximate surface area is 149 Å². The number of hydrogen-bond acceptors (Lipinski definition) is 5. The summed E-state index contributed by atoms with van der Waals surface area (Å²) in [5.41, 5.74) is 3.90. The van der Waals surface area contributed by atoms with Gasteiger partial charge in [0, 0.05) is 23.6 Å². The molecule has 1 N–H and O–H groups in total. The predicted octanol–water partition coefficient (Wildman–Crippen LogP) is 3.08. The minimum atomic E-state index is -0.256. The molecular weight excluding hydrogens is 338 g/mol. The molecule has 0 aliphatic carbocycles. The van der Waals surface area contributed by atoms with E-state index in [9.17, 15) is 9.59 Å². The number of nitrogens with one attached hydrogen (secondary N) is 1. The van der Waals surface area contributed by atoms with Crippen LogP contribution in [0.4, 0.5) is 5.69 Å². The molecule has 3 aromatic rings. The Morgan fingerprint density at radius 2 is 2.08 bits per heavy atom.